The normalized spacial score (nSPS) is 17.1. The number of thiophene rings is 1. The first-order valence-corrected chi connectivity index (χ1v) is 13.4. The van der Waals surface area contributed by atoms with Gasteiger partial charge in [-0.1, -0.05) is 6.07 Å². The van der Waals surface area contributed by atoms with E-state index in [1.165, 1.54) is 9.87 Å². The van der Waals surface area contributed by atoms with Gasteiger partial charge in [-0.3, -0.25) is 9.59 Å². The van der Waals surface area contributed by atoms with Crippen molar-refractivity contribution in [3.05, 3.63) is 51.7 Å². The molecule has 2 aromatic rings. The maximum atomic E-state index is 13.1. The number of benzene rings is 1. The first kappa shape index (κ1) is 22.9. The lowest BCUT2D eigenvalue weighted by Gasteiger charge is -2.34. The van der Waals surface area contributed by atoms with E-state index >= 15 is 0 Å². The summed E-state index contributed by atoms with van der Waals surface area (Å²) in [4.78, 5) is 26.2. The van der Waals surface area contributed by atoms with Crippen molar-refractivity contribution in [1.82, 2.24) is 9.21 Å². The fourth-order valence-electron chi connectivity index (χ4n) is 4.18. The molecule has 9 heteroatoms. The summed E-state index contributed by atoms with van der Waals surface area (Å²) in [5.41, 5.74) is 3.46. The minimum Gasteiger partial charge on any atom is -0.456 e. The molecule has 1 fully saturated rings. The average molecular weight is 477 g/mol. The Hall–Kier alpha value is -2.23. The highest BCUT2D eigenvalue weighted by Crippen LogP contribution is 2.26. The molecule has 7 nitrogen and oxygen atoms in total. The molecule has 1 aromatic carbocycles. The quantitative estimate of drug-likeness (QED) is 0.574. The Morgan fingerprint density at radius 2 is 1.75 bits per heavy atom. The number of ether oxygens (including phenoxy) is 1. The van der Waals surface area contributed by atoms with Crippen molar-refractivity contribution >= 4 is 33.2 Å². The molecular weight excluding hydrogens is 448 g/mol. The summed E-state index contributed by atoms with van der Waals surface area (Å²) in [5.74, 6) is -0.696. The second kappa shape index (κ2) is 10.1. The van der Waals surface area contributed by atoms with Crippen molar-refractivity contribution in [2.75, 3.05) is 32.8 Å². The Morgan fingerprint density at radius 1 is 1.00 bits per heavy atom. The molecule has 0 atom stereocenters. The molecule has 1 saturated heterocycles. The number of piperazine rings is 1. The zero-order valence-electron chi connectivity index (χ0n) is 18.0. The topological polar surface area (TPSA) is 84.0 Å². The number of nitrogens with zero attached hydrogens (tertiary/aromatic N) is 2. The number of fused-ring (bicyclic) bond motifs is 1. The third kappa shape index (κ3) is 5.39. The van der Waals surface area contributed by atoms with Crippen molar-refractivity contribution in [2.45, 2.75) is 43.4 Å². The second-order valence-electron chi connectivity index (χ2n) is 8.21. The van der Waals surface area contributed by atoms with Gasteiger partial charge in [-0.15, -0.1) is 0 Å². The zero-order valence-corrected chi connectivity index (χ0v) is 19.6. The van der Waals surface area contributed by atoms with Crippen LogP contribution in [0.3, 0.4) is 0 Å². The molecular formula is C23H28N2O5S2. The number of sulfonamides is 1. The number of esters is 1. The molecule has 0 bridgehead atoms. The van der Waals surface area contributed by atoms with Crippen LogP contribution in [0, 0.1) is 0 Å². The standard InChI is InChI=1S/C23H28N2O5S2/c26-22(16-30-23(27)8-5-18-9-14-31-17-18)24-10-12-25(13-11-24)32(28,29)21-7-6-19-3-1-2-4-20(19)15-21/h6-7,9,14-15,17H,1-5,8,10-13,16H2. The van der Waals surface area contributed by atoms with E-state index in [1.807, 2.05) is 29.0 Å². The van der Waals surface area contributed by atoms with E-state index in [2.05, 4.69) is 0 Å². The van der Waals surface area contributed by atoms with Gasteiger partial charge < -0.3 is 9.64 Å². The van der Waals surface area contributed by atoms with Gasteiger partial charge in [0.15, 0.2) is 6.61 Å². The van der Waals surface area contributed by atoms with Gasteiger partial charge in [0, 0.05) is 32.6 Å². The van der Waals surface area contributed by atoms with Crippen LogP contribution >= 0.6 is 11.3 Å². The molecule has 1 amide bonds. The number of rotatable bonds is 7. The highest BCUT2D eigenvalue weighted by atomic mass is 32.2. The molecule has 172 valence electrons. The highest BCUT2D eigenvalue weighted by Gasteiger charge is 2.31. The van der Waals surface area contributed by atoms with Gasteiger partial charge in [-0.25, -0.2) is 8.42 Å². The molecule has 0 N–H and O–H groups in total. The molecule has 0 radical (unpaired) electrons. The van der Waals surface area contributed by atoms with Gasteiger partial charge in [-0.2, -0.15) is 15.6 Å². The summed E-state index contributed by atoms with van der Waals surface area (Å²) in [6.45, 7) is 0.736. The second-order valence-corrected chi connectivity index (χ2v) is 10.9. The van der Waals surface area contributed by atoms with Crippen molar-refractivity contribution in [2.24, 2.45) is 0 Å². The van der Waals surface area contributed by atoms with Crippen LogP contribution in [0.15, 0.2) is 39.9 Å². The van der Waals surface area contributed by atoms with Crippen LogP contribution in [0.5, 0.6) is 0 Å². The molecule has 1 aliphatic heterocycles. The van der Waals surface area contributed by atoms with Gasteiger partial charge in [0.1, 0.15) is 0 Å². The van der Waals surface area contributed by atoms with E-state index < -0.39 is 16.0 Å². The number of aryl methyl sites for hydroxylation is 3. The predicted molar refractivity (Wildman–Crippen MR) is 122 cm³/mol. The van der Waals surface area contributed by atoms with E-state index in [9.17, 15) is 18.0 Å². The summed E-state index contributed by atoms with van der Waals surface area (Å²) in [6, 6.07) is 7.41. The van der Waals surface area contributed by atoms with Gasteiger partial charge >= 0.3 is 5.97 Å². The maximum absolute atomic E-state index is 13.1. The lowest BCUT2D eigenvalue weighted by Crippen LogP contribution is -2.51. The van der Waals surface area contributed by atoms with Gasteiger partial charge in [-0.05, 0) is 77.8 Å². The first-order valence-electron chi connectivity index (χ1n) is 11.0. The molecule has 0 saturated carbocycles. The van der Waals surface area contributed by atoms with E-state index in [1.54, 1.807) is 22.3 Å². The minimum absolute atomic E-state index is 0.233. The van der Waals surface area contributed by atoms with Crippen LogP contribution in [0.4, 0.5) is 0 Å². The summed E-state index contributed by atoms with van der Waals surface area (Å²) < 4.78 is 32.7. The highest BCUT2D eigenvalue weighted by molar-refractivity contribution is 7.89. The van der Waals surface area contributed by atoms with E-state index in [0.29, 0.717) is 11.3 Å². The molecule has 2 aliphatic rings. The maximum Gasteiger partial charge on any atom is 0.306 e. The number of hydrogen-bond acceptors (Lipinski definition) is 6. The SMILES string of the molecule is O=C(CCc1ccsc1)OCC(=O)N1CCN(S(=O)(=O)c2ccc3c(c2)CCCC3)CC1. The monoisotopic (exact) mass is 476 g/mol. The predicted octanol–water partition coefficient (Wildman–Crippen LogP) is 2.64. The number of amides is 1. The van der Waals surface area contributed by atoms with Crippen LogP contribution in [0.1, 0.15) is 36.0 Å². The molecule has 1 aliphatic carbocycles. The minimum atomic E-state index is -3.59. The molecule has 0 unspecified atom stereocenters. The van der Waals surface area contributed by atoms with E-state index in [4.69, 9.17) is 4.74 Å². The average Bonchev–Trinajstić information content (AvgIpc) is 3.34. The summed E-state index contributed by atoms with van der Waals surface area (Å²) in [5, 5.41) is 3.94. The van der Waals surface area contributed by atoms with E-state index in [0.717, 1.165) is 36.8 Å². The Kier molecular flexibility index (Phi) is 7.27. The lowest BCUT2D eigenvalue weighted by atomic mass is 9.92. The smallest absolute Gasteiger partial charge is 0.306 e. The van der Waals surface area contributed by atoms with Crippen molar-refractivity contribution in [3.8, 4) is 0 Å². The third-order valence-corrected chi connectivity index (χ3v) is 8.73. The molecule has 4 rings (SSSR count). The van der Waals surface area contributed by atoms with Crippen molar-refractivity contribution < 1.29 is 22.7 Å². The summed E-state index contributed by atoms with van der Waals surface area (Å²) >= 11 is 1.57. The van der Waals surface area contributed by atoms with Gasteiger partial charge in [0.2, 0.25) is 10.0 Å². The van der Waals surface area contributed by atoms with E-state index in [-0.39, 0.29) is 45.1 Å². The van der Waals surface area contributed by atoms with Crippen LogP contribution in [0.2, 0.25) is 0 Å². The fourth-order valence-corrected chi connectivity index (χ4v) is 6.36. The van der Waals surface area contributed by atoms with Gasteiger partial charge in [0.05, 0.1) is 4.90 Å². The largest absolute Gasteiger partial charge is 0.456 e. The summed E-state index contributed by atoms with van der Waals surface area (Å²) in [6.07, 6.45) is 5.00. The number of carbonyl (C=O) groups is 2. The fraction of sp³-hybridized carbons (Fsp3) is 0.478. The summed E-state index contributed by atoms with van der Waals surface area (Å²) in [7, 11) is -3.59. The molecule has 2 heterocycles. The number of hydrogen-bond donors (Lipinski definition) is 0. The van der Waals surface area contributed by atoms with Gasteiger partial charge in [0.25, 0.3) is 5.91 Å². The molecule has 32 heavy (non-hydrogen) atoms. The Balaban J connectivity index is 1.26. The number of carbonyl (C=O) groups excluding carboxylic acids is 2. The third-order valence-electron chi connectivity index (χ3n) is 6.10. The molecule has 1 aromatic heterocycles. The zero-order chi connectivity index (χ0) is 22.6. The van der Waals surface area contributed by atoms with Crippen LogP contribution in [-0.4, -0.2) is 62.3 Å². The van der Waals surface area contributed by atoms with Crippen LogP contribution in [0.25, 0.3) is 0 Å². The lowest BCUT2D eigenvalue weighted by molar-refractivity contribution is -0.152. The first-order chi connectivity index (χ1) is 15.4. The molecule has 0 spiro atoms. The van der Waals surface area contributed by atoms with Crippen LogP contribution in [-0.2, 0) is 43.6 Å². The Labute approximate surface area is 193 Å². The van der Waals surface area contributed by atoms with Crippen molar-refractivity contribution in [1.29, 1.82) is 0 Å². The Bertz CT molecular complexity index is 1060. The van der Waals surface area contributed by atoms with Crippen molar-refractivity contribution in [3.63, 3.8) is 0 Å². The Morgan fingerprint density at radius 3 is 2.47 bits per heavy atom. The van der Waals surface area contributed by atoms with Crippen LogP contribution < -0.4 is 0 Å².